The molecular weight excluding hydrogens is 444 g/mol. The highest BCUT2D eigenvalue weighted by Crippen LogP contribution is 2.28. The number of hydrogen-bond acceptors (Lipinski definition) is 5. The Labute approximate surface area is 205 Å². The van der Waals surface area contributed by atoms with Gasteiger partial charge in [0.05, 0.1) is 18.8 Å². The summed E-state index contributed by atoms with van der Waals surface area (Å²) in [5.74, 6) is 0.214. The summed E-state index contributed by atoms with van der Waals surface area (Å²) in [6.07, 6.45) is 1.98. The normalized spacial score (nSPS) is 12.4. The minimum Gasteiger partial charge on any atom is -0.464 e. The second kappa shape index (κ2) is 11.0. The molecule has 178 valence electrons. The van der Waals surface area contributed by atoms with Crippen molar-refractivity contribution in [3.63, 3.8) is 0 Å². The van der Waals surface area contributed by atoms with Crippen molar-refractivity contribution < 1.29 is 14.3 Å². The van der Waals surface area contributed by atoms with E-state index >= 15 is 0 Å². The third-order valence-corrected chi connectivity index (χ3v) is 6.88. The molecule has 0 aliphatic carbocycles. The zero-order valence-electron chi connectivity index (χ0n) is 20.3. The first-order valence-electron chi connectivity index (χ1n) is 11.9. The Balaban J connectivity index is 1.53. The lowest BCUT2D eigenvalue weighted by molar-refractivity contribution is -0.156. The lowest BCUT2D eigenvalue weighted by Gasteiger charge is -2.16. The summed E-state index contributed by atoms with van der Waals surface area (Å²) in [6, 6.07) is 17.0. The van der Waals surface area contributed by atoms with E-state index in [4.69, 9.17) is 14.5 Å². The molecule has 1 unspecified atom stereocenters. The molecule has 4 rings (SSSR count). The van der Waals surface area contributed by atoms with Crippen LogP contribution in [-0.2, 0) is 27.2 Å². The molecule has 2 heterocycles. The number of fused-ring (bicyclic) bond motifs is 1. The van der Waals surface area contributed by atoms with Crippen LogP contribution in [0.2, 0.25) is 0 Å². The highest BCUT2D eigenvalue weighted by molar-refractivity contribution is 7.13. The van der Waals surface area contributed by atoms with E-state index in [9.17, 15) is 4.79 Å². The Morgan fingerprint density at radius 3 is 2.56 bits per heavy atom. The van der Waals surface area contributed by atoms with Gasteiger partial charge in [0, 0.05) is 41.1 Å². The van der Waals surface area contributed by atoms with Gasteiger partial charge in [0.2, 0.25) is 0 Å². The van der Waals surface area contributed by atoms with Crippen LogP contribution in [0, 0.1) is 0 Å². The fourth-order valence-electron chi connectivity index (χ4n) is 4.15. The average Bonchev–Trinajstić information content (AvgIpc) is 3.47. The van der Waals surface area contributed by atoms with Crippen LogP contribution < -0.4 is 0 Å². The van der Waals surface area contributed by atoms with Gasteiger partial charge in [-0.25, -0.2) is 9.78 Å². The second-order valence-corrected chi connectivity index (χ2v) is 9.47. The second-order valence-electron chi connectivity index (χ2n) is 8.61. The molecule has 0 saturated heterocycles. The van der Waals surface area contributed by atoms with Crippen molar-refractivity contribution in [2.24, 2.45) is 0 Å². The third kappa shape index (κ3) is 5.40. The number of ether oxygens (including phenoxy) is 2. The van der Waals surface area contributed by atoms with Crippen molar-refractivity contribution in [3.05, 3.63) is 76.9 Å². The van der Waals surface area contributed by atoms with E-state index in [1.165, 1.54) is 5.56 Å². The monoisotopic (exact) mass is 476 g/mol. The molecule has 0 aliphatic heterocycles. The highest BCUT2D eigenvalue weighted by atomic mass is 32.1. The van der Waals surface area contributed by atoms with Crippen molar-refractivity contribution in [1.29, 1.82) is 0 Å². The molecule has 4 aromatic rings. The number of aromatic nitrogens is 2. The Morgan fingerprint density at radius 2 is 1.85 bits per heavy atom. The van der Waals surface area contributed by atoms with Crippen LogP contribution >= 0.6 is 11.3 Å². The topological polar surface area (TPSA) is 53.4 Å². The minimum absolute atomic E-state index is 0.308. The van der Waals surface area contributed by atoms with Crippen molar-refractivity contribution in [2.75, 3.05) is 13.2 Å². The van der Waals surface area contributed by atoms with Crippen LogP contribution in [0.5, 0.6) is 0 Å². The van der Waals surface area contributed by atoms with Gasteiger partial charge in [-0.3, -0.25) is 0 Å². The predicted molar refractivity (Wildman–Crippen MR) is 138 cm³/mol. The Kier molecular flexibility index (Phi) is 7.80. The number of hydrogen-bond donors (Lipinski definition) is 0. The zero-order chi connectivity index (χ0) is 24.1. The number of carbonyl (C=O) groups is 1. The van der Waals surface area contributed by atoms with Gasteiger partial charge >= 0.3 is 5.97 Å². The van der Waals surface area contributed by atoms with Gasteiger partial charge in [0.15, 0.2) is 6.10 Å². The van der Waals surface area contributed by atoms with Gasteiger partial charge in [-0.1, -0.05) is 50.2 Å². The van der Waals surface area contributed by atoms with E-state index in [1.54, 1.807) is 11.3 Å². The third-order valence-electron chi connectivity index (χ3n) is 5.94. The van der Waals surface area contributed by atoms with Crippen molar-refractivity contribution >= 4 is 28.2 Å². The van der Waals surface area contributed by atoms with Crippen LogP contribution in [0.1, 0.15) is 50.4 Å². The molecule has 0 N–H and O–H groups in total. The number of carbonyl (C=O) groups excluding carboxylic acids is 1. The first kappa shape index (κ1) is 24.2. The maximum absolute atomic E-state index is 12.3. The van der Waals surface area contributed by atoms with Gasteiger partial charge in [-0.15, -0.1) is 11.3 Å². The molecule has 2 aromatic heterocycles. The molecule has 0 radical (unpaired) electrons. The summed E-state index contributed by atoms with van der Waals surface area (Å²) in [5, 5.41) is 4.29. The highest BCUT2D eigenvalue weighted by Gasteiger charge is 2.22. The molecule has 0 spiro atoms. The van der Waals surface area contributed by atoms with E-state index in [1.807, 2.05) is 19.9 Å². The van der Waals surface area contributed by atoms with Crippen LogP contribution in [0.4, 0.5) is 0 Å². The Hall–Kier alpha value is -2.96. The fraction of sp³-hybridized carbons (Fsp3) is 0.357. The average molecular weight is 477 g/mol. The smallest absolute Gasteiger partial charge is 0.335 e. The van der Waals surface area contributed by atoms with Gasteiger partial charge in [-0.2, -0.15) is 0 Å². The first-order valence-corrected chi connectivity index (χ1v) is 12.8. The van der Waals surface area contributed by atoms with Crippen molar-refractivity contribution in [2.45, 2.75) is 52.7 Å². The summed E-state index contributed by atoms with van der Waals surface area (Å²) < 4.78 is 13.1. The number of benzene rings is 2. The van der Waals surface area contributed by atoms with Crippen molar-refractivity contribution in [1.82, 2.24) is 9.55 Å². The summed E-state index contributed by atoms with van der Waals surface area (Å²) >= 11 is 1.68. The Morgan fingerprint density at radius 1 is 1.06 bits per heavy atom. The molecule has 0 amide bonds. The van der Waals surface area contributed by atoms with Crippen LogP contribution in [0.15, 0.2) is 60.1 Å². The van der Waals surface area contributed by atoms with E-state index in [2.05, 4.69) is 72.5 Å². The van der Waals surface area contributed by atoms with E-state index in [0.717, 1.165) is 32.7 Å². The quantitative estimate of drug-likeness (QED) is 0.247. The molecule has 2 aromatic carbocycles. The number of nitrogens with zero attached hydrogens (tertiary/aromatic N) is 2. The molecule has 5 nitrogen and oxygen atoms in total. The number of thiazole rings is 1. The standard InChI is InChI=1S/C28H32N2O3S/c1-5-32-26(28(31)33-6-2)16-22-8-7-9-25-24(22)14-15-30(25)17-23-18-34-27(29-23)21-12-10-20(11-13-21)19(3)4/h7-15,18-19,26H,5-6,16-17H2,1-4H3. The van der Waals surface area contributed by atoms with Gasteiger partial charge in [0.1, 0.15) is 5.01 Å². The summed E-state index contributed by atoms with van der Waals surface area (Å²) in [6.45, 7) is 9.62. The van der Waals surface area contributed by atoms with Crippen molar-refractivity contribution in [3.8, 4) is 10.6 Å². The lowest BCUT2D eigenvalue weighted by Crippen LogP contribution is -2.29. The number of rotatable bonds is 10. The molecule has 1 atom stereocenters. The maximum atomic E-state index is 12.3. The lowest BCUT2D eigenvalue weighted by atomic mass is 10.0. The summed E-state index contributed by atoms with van der Waals surface area (Å²) in [7, 11) is 0. The van der Waals surface area contributed by atoms with Crippen LogP contribution in [0.25, 0.3) is 21.5 Å². The zero-order valence-corrected chi connectivity index (χ0v) is 21.1. The molecule has 0 fully saturated rings. The summed E-state index contributed by atoms with van der Waals surface area (Å²) in [5.41, 5.74) is 5.72. The van der Waals surface area contributed by atoms with Crippen LogP contribution in [0.3, 0.4) is 0 Å². The first-order chi connectivity index (χ1) is 16.5. The van der Waals surface area contributed by atoms with Crippen LogP contribution in [-0.4, -0.2) is 34.8 Å². The van der Waals surface area contributed by atoms with E-state index < -0.39 is 6.10 Å². The summed E-state index contributed by atoms with van der Waals surface area (Å²) in [4.78, 5) is 17.2. The van der Waals surface area contributed by atoms with Gasteiger partial charge < -0.3 is 14.0 Å². The Bertz CT molecular complexity index is 1240. The van der Waals surface area contributed by atoms with E-state index in [-0.39, 0.29) is 5.97 Å². The minimum atomic E-state index is -0.595. The molecular formula is C28H32N2O3S. The number of esters is 1. The molecule has 6 heteroatoms. The molecule has 34 heavy (non-hydrogen) atoms. The van der Waals surface area contributed by atoms with E-state index in [0.29, 0.717) is 32.1 Å². The van der Waals surface area contributed by atoms with Gasteiger partial charge in [-0.05, 0) is 43.0 Å². The van der Waals surface area contributed by atoms with Gasteiger partial charge in [0.25, 0.3) is 0 Å². The molecule has 0 bridgehead atoms. The SMILES string of the molecule is CCOC(=O)C(Cc1cccc2c1ccn2Cc1csc(-c2ccc(C(C)C)cc2)n1)OCC. The molecule has 0 saturated carbocycles. The fourth-order valence-corrected chi connectivity index (χ4v) is 4.96. The largest absolute Gasteiger partial charge is 0.464 e. The molecule has 0 aliphatic rings. The predicted octanol–water partition coefficient (Wildman–Crippen LogP) is 6.45. The maximum Gasteiger partial charge on any atom is 0.335 e.